The van der Waals surface area contributed by atoms with Crippen LogP contribution in [0.3, 0.4) is 0 Å². The standard InChI is InChI=1S/C16H26N2O/c1-5-18(6-2)16(19)15(11-17)10-14-8-7-12(3)9-13(14)4/h7-9,15H,5-6,10-11,17H2,1-4H3. The molecule has 1 unspecified atom stereocenters. The monoisotopic (exact) mass is 262 g/mol. The molecule has 2 N–H and O–H groups in total. The third kappa shape index (κ3) is 4.06. The molecule has 0 saturated heterocycles. The van der Waals surface area contributed by atoms with E-state index in [0.717, 1.165) is 19.5 Å². The number of nitrogens with two attached hydrogens (primary N) is 1. The maximum atomic E-state index is 12.4. The van der Waals surface area contributed by atoms with Crippen molar-refractivity contribution in [2.24, 2.45) is 11.7 Å². The third-order valence-electron chi connectivity index (χ3n) is 3.67. The average Bonchev–Trinajstić information content (AvgIpc) is 2.39. The summed E-state index contributed by atoms with van der Waals surface area (Å²) in [4.78, 5) is 14.2. The Morgan fingerprint density at radius 1 is 1.26 bits per heavy atom. The number of hydrogen-bond donors (Lipinski definition) is 1. The van der Waals surface area contributed by atoms with Crippen molar-refractivity contribution in [2.45, 2.75) is 34.1 Å². The van der Waals surface area contributed by atoms with E-state index in [0.29, 0.717) is 6.54 Å². The average molecular weight is 262 g/mol. The van der Waals surface area contributed by atoms with Crippen molar-refractivity contribution in [3.63, 3.8) is 0 Å². The Labute approximate surface area is 116 Å². The summed E-state index contributed by atoms with van der Waals surface area (Å²) < 4.78 is 0. The van der Waals surface area contributed by atoms with E-state index in [1.54, 1.807) is 0 Å². The molecule has 3 nitrogen and oxygen atoms in total. The Bertz CT molecular complexity index is 425. The van der Waals surface area contributed by atoms with Gasteiger partial charge in [0.1, 0.15) is 0 Å². The van der Waals surface area contributed by atoms with Crippen LogP contribution in [-0.2, 0) is 11.2 Å². The van der Waals surface area contributed by atoms with E-state index in [1.807, 2.05) is 18.7 Å². The number of rotatable bonds is 6. The molecule has 0 aromatic heterocycles. The van der Waals surface area contributed by atoms with Crippen LogP contribution < -0.4 is 5.73 Å². The first kappa shape index (κ1) is 15.7. The topological polar surface area (TPSA) is 46.3 Å². The van der Waals surface area contributed by atoms with E-state index in [9.17, 15) is 4.79 Å². The summed E-state index contributed by atoms with van der Waals surface area (Å²) >= 11 is 0. The predicted octanol–water partition coefficient (Wildman–Crippen LogP) is 2.29. The Hall–Kier alpha value is -1.35. The van der Waals surface area contributed by atoms with Gasteiger partial charge in [-0.25, -0.2) is 0 Å². The summed E-state index contributed by atoms with van der Waals surface area (Å²) in [6.45, 7) is 10.1. The van der Waals surface area contributed by atoms with Crippen molar-refractivity contribution in [1.29, 1.82) is 0 Å². The number of carbonyl (C=O) groups excluding carboxylic acids is 1. The van der Waals surface area contributed by atoms with E-state index in [2.05, 4.69) is 32.0 Å². The van der Waals surface area contributed by atoms with Crippen LogP contribution in [0.15, 0.2) is 18.2 Å². The minimum absolute atomic E-state index is 0.110. The van der Waals surface area contributed by atoms with Gasteiger partial charge in [0.15, 0.2) is 0 Å². The second-order valence-corrected chi connectivity index (χ2v) is 5.08. The highest BCUT2D eigenvalue weighted by atomic mass is 16.2. The molecule has 0 fully saturated rings. The van der Waals surface area contributed by atoms with Gasteiger partial charge in [0.25, 0.3) is 0 Å². The van der Waals surface area contributed by atoms with E-state index in [-0.39, 0.29) is 11.8 Å². The zero-order valence-electron chi connectivity index (χ0n) is 12.6. The maximum Gasteiger partial charge on any atom is 0.227 e. The molecule has 1 amide bonds. The van der Waals surface area contributed by atoms with Crippen molar-refractivity contribution < 1.29 is 4.79 Å². The van der Waals surface area contributed by atoms with E-state index < -0.39 is 0 Å². The first-order valence-electron chi connectivity index (χ1n) is 7.08. The Morgan fingerprint density at radius 3 is 2.37 bits per heavy atom. The van der Waals surface area contributed by atoms with Gasteiger partial charge in [-0.05, 0) is 45.2 Å². The lowest BCUT2D eigenvalue weighted by molar-refractivity contribution is -0.134. The molecule has 0 heterocycles. The molecular formula is C16H26N2O. The molecule has 0 aliphatic rings. The zero-order valence-corrected chi connectivity index (χ0v) is 12.6. The Morgan fingerprint density at radius 2 is 1.89 bits per heavy atom. The Balaban J connectivity index is 2.84. The van der Waals surface area contributed by atoms with E-state index >= 15 is 0 Å². The van der Waals surface area contributed by atoms with Crippen LogP contribution in [0.2, 0.25) is 0 Å². The minimum atomic E-state index is -0.110. The molecule has 0 saturated carbocycles. The molecule has 1 aromatic carbocycles. The highest BCUT2D eigenvalue weighted by Crippen LogP contribution is 2.16. The van der Waals surface area contributed by atoms with Crippen molar-refractivity contribution in [2.75, 3.05) is 19.6 Å². The molecule has 0 radical (unpaired) electrons. The van der Waals surface area contributed by atoms with Crippen LogP contribution in [-0.4, -0.2) is 30.4 Å². The van der Waals surface area contributed by atoms with Gasteiger partial charge in [0.05, 0.1) is 5.92 Å². The summed E-state index contributed by atoms with van der Waals surface area (Å²) in [6.07, 6.45) is 0.734. The number of carbonyl (C=O) groups is 1. The number of benzene rings is 1. The lowest BCUT2D eigenvalue weighted by Crippen LogP contribution is -2.40. The predicted molar refractivity (Wildman–Crippen MR) is 80.1 cm³/mol. The van der Waals surface area contributed by atoms with Crippen LogP contribution in [0.4, 0.5) is 0 Å². The van der Waals surface area contributed by atoms with Crippen LogP contribution in [0, 0.1) is 19.8 Å². The SMILES string of the molecule is CCN(CC)C(=O)C(CN)Cc1ccc(C)cc1C. The van der Waals surface area contributed by atoms with Crippen molar-refractivity contribution in [3.8, 4) is 0 Å². The fourth-order valence-electron chi connectivity index (χ4n) is 2.41. The number of hydrogen-bond acceptors (Lipinski definition) is 2. The number of amides is 1. The second kappa shape index (κ2) is 7.29. The third-order valence-corrected chi connectivity index (χ3v) is 3.67. The van der Waals surface area contributed by atoms with Gasteiger partial charge < -0.3 is 10.6 Å². The maximum absolute atomic E-state index is 12.4. The molecule has 0 aliphatic heterocycles. The van der Waals surface area contributed by atoms with Gasteiger partial charge in [-0.15, -0.1) is 0 Å². The fourth-order valence-corrected chi connectivity index (χ4v) is 2.41. The molecule has 1 rings (SSSR count). The van der Waals surface area contributed by atoms with E-state index in [4.69, 9.17) is 5.73 Å². The summed E-state index contributed by atoms with van der Waals surface area (Å²) in [5, 5.41) is 0. The molecule has 0 aliphatic carbocycles. The normalized spacial score (nSPS) is 12.3. The molecule has 106 valence electrons. The summed E-state index contributed by atoms with van der Waals surface area (Å²) in [6, 6.07) is 6.37. The highest BCUT2D eigenvalue weighted by molar-refractivity contribution is 5.79. The van der Waals surface area contributed by atoms with Gasteiger partial charge >= 0.3 is 0 Å². The Kier molecular flexibility index (Phi) is 6.03. The van der Waals surface area contributed by atoms with Gasteiger partial charge in [0.2, 0.25) is 5.91 Å². The molecule has 0 spiro atoms. The summed E-state index contributed by atoms with van der Waals surface area (Å²) in [5.41, 5.74) is 9.52. The number of aryl methyl sites for hydroxylation is 2. The van der Waals surface area contributed by atoms with Crippen LogP contribution in [0.5, 0.6) is 0 Å². The number of nitrogens with zero attached hydrogens (tertiary/aromatic N) is 1. The van der Waals surface area contributed by atoms with Crippen LogP contribution in [0.1, 0.15) is 30.5 Å². The first-order chi connectivity index (χ1) is 9.03. The minimum Gasteiger partial charge on any atom is -0.343 e. The zero-order chi connectivity index (χ0) is 14.4. The molecule has 19 heavy (non-hydrogen) atoms. The molecule has 1 aromatic rings. The summed E-state index contributed by atoms with van der Waals surface area (Å²) in [7, 11) is 0. The second-order valence-electron chi connectivity index (χ2n) is 5.08. The molecule has 3 heteroatoms. The van der Waals surface area contributed by atoms with Crippen molar-refractivity contribution >= 4 is 5.91 Å². The van der Waals surface area contributed by atoms with Crippen LogP contribution >= 0.6 is 0 Å². The smallest absolute Gasteiger partial charge is 0.227 e. The molecule has 1 atom stereocenters. The lowest BCUT2D eigenvalue weighted by Gasteiger charge is -2.24. The van der Waals surface area contributed by atoms with Crippen molar-refractivity contribution in [3.05, 3.63) is 34.9 Å². The fraction of sp³-hybridized carbons (Fsp3) is 0.562. The van der Waals surface area contributed by atoms with Crippen LogP contribution in [0.25, 0.3) is 0 Å². The van der Waals surface area contributed by atoms with Crippen molar-refractivity contribution in [1.82, 2.24) is 4.90 Å². The summed E-state index contributed by atoms with van der Waals surface area (Å²) in [5.74, 6) is 0.0637. The highest BCUT2D eigenvalue weighted by Gasteiger charge is 2.22. The quantitative estimate of drug-likeness (QED) is 0.855. The molecular weight excluding hydrogens is 236 g/mol. The van der Waals surface area contributed by atoms with Gasteiger partial charge in [-0.1, -0.05) is 23.8 Å². The molecule has 0 bridgehead atoms. The van der Waals surface area contributed by atoms with Gasteiger partial charge in [-0.2, -0.15) is 0 Å². The largest absolute Gasteiger partial charge is 0.343 e. The lowest BCUT2D eigenvalue weighted by atomic mass is 9.94. The van der Waals surface area contributed by atoms with Gasteiger partial charge in [0, 0.05) is 19.6 Å². The first-order valence-corrected chi connectivity index (χ1v) is 7.08. The van der Waals surface area contributed by atoms with Gasteiger partial charge in [-0.3, -0.25) is 4.79 Å². The van der Waals surface area contributed by atoms with E-state index in [1.165, 1.54) is 16.7 Å².